The first kappa shape index (κ1) is 15.8. The molecule has 0 spiro atoms. The Morgan fingerprint density at radius 2 is 1.74 bits per heavy atom. The lowest BCUT2D eigenvalue weighted by molar-refractivity contribution is 0.0973. The number of methoxy groups -OCH3 is 1. The van der Waals surface area contributed by atoms with Crippen molar-refractivity contribution in [3.8, 4) is 28.4 Å². The van der Waals surface area contributed by atoms with Crippen LogP contribution in [0.25, 0.3) is 33.5 Å². The van der Waals surface area contributed by atoms with Crippen molar-refractivity contribution in [2.24, 2.45) is 0 Å². The number of para-hydroxylation sites is 1. The zero-order valence-corrected chi connectivity index (χ0v) is 14.8. The summed E-state index contributed by atoms with van der Waals surface area (Å²) < 4.78 is 7.52. The number of hydrogen-bond donors (Lipinski definition) is 0. The minimum atomic E-state index is 0.193. The molecule has 3 heterocycles. The van der Waals surface area contributed by atoms with Gasteiger partial charge in [0, 0.05) is 35.9 Å². The largest absolute Gasteiger partial charge is 0.481 e. The number of aromatic nitrogens is 3. The number of pyridine rings is 1. The van der Waals surface area contributed by atoms with Crippen molar-refractivity contribution in [3.05, 3.63) is 66.4 Å². The van der Waals surface area contributed by atoms with Crippen LogP contribution in [0.1, 0.15) is 16.8 Å². The van der Waals surface area contributed by atoms with Crippen molar-refractivity contribution in [2.45, 2.75) is 13.0 Å². The third-order valence-corrected chi connectivity index (χ3v) is 5.05. The molecule has 0 amide bonds. The number of imidazole rings is 1. The number of ketones is 1. The predicted octanol–water partition coefficient (Wildman–Crippen LogP) is 4.36. The van der Waals surface area contributed by atoms with E-state index in [1.165, 1.54) is 0 Å². The Hall–Kier alpha value is -3.47. The summed E-state index contributed by atoms with van der Waals surface area (Å²) in [7, 11) is 1.62. The van der Waals surface area contributed by atoms with Gasteiger partial charge in [-0.25, -0.2) is 9.97 Å². The second kappa shape index (κ2) is 6.06. The van der Waals surface area contributed by atoms with E-state index >= 15 is 0 Å². The zero-order chi connectivity index (χ0) is 18.4. The Labute approximate surface area is 156 Å². The highest BCUT2D eigenvalue weighted by Crippen LogP contribution is 2.33. The lowest BCUT2D eigenvalue weighted by Gasteiger charge is -2.16. The number of rotatable bonds is 3. The van der Waals surface area contributed by atoms with Crippen molar-refractivity contribution in [3.63, 3.8) is 0 Å². The van der Waals surface area contributed by atoms with Gasteiger partial charge in [-0.15, -0.1) is 0 Å². The number of carbonyl (C=O) groups excluding carboxylic acids is 1. The summed E-state index contributed by atoms with van der Waals surface area (Å²) in [5.41, 5.74) is 5.60. The first-order valence-corrected chi connectivity index (χ1v) is 8.88. The van der Waals surface area contributed by atoms with Gasteiger partial charge in [0.2, 0.25) is 5.88 Å². The van der Waals surface area contributed by atoms with Crippen molar-refractivity contribution in [2.75, 3.05) is 7.11 Å². The van der Waals surface area contributed by atoms with Crippen molar-refractivity contribution in [1.29, 1.82) is 0 Å². The van der Waals surface area contributed by atoms with Gasteiger partial charge in [-0.1, -0.05) is 30.3 Å². The standard InChI is InChI=1S/C22H17N3O2/c1-27-22-16(5-3-12-23-22)14-7-9-15(10-8-14)21-24-18-6-2-4-17-19(26)11-13-25(21)20(17)18/h2-10,12H,11,13H2,1H3. The Morgan fingerprint density at radius 1 is 0.963 bits per heavy atom. The van der Waals surface area contributed by atoms with Crippen LogP contribution in [0.5, 0.6) is 5.88 Å². The van der Waals surface area contributed by atoms with Crippen LogP contribution in [-0.2, 0) is 6.54 Å². The SMILES string of the molecule is COc1ncccc1-c1ccc(-c2nc3cccc4c3n2CCC4=O)cc1. The number of carbonyl (C=O) groups is 1. The monoisotopic (exact) mass is 355 g/mol. The molecule has 27 heavy (non-hydrogen) atoms. The second-order valence-corrected chi connectivity index (χ2v) is 6.57. The van der Waals surface area contributed by atoms with E-state index in [1.54, 1.807) is 13.3 Å². The molecule has 0 fully saturated rings. The van der Waals surface area contributed by atoms with Gasteiger partial charge in [-0.2, -0.15) is 0 Å². The second-order valence-electron chi connectivity index (χ2n) is 6.57. The van der Waals surface area contributed by atoms with Gasteiger partial charge in [0.05, 0.1) is 18.1 Å². The Balaban J connectivity index is 1.62. The van der Waals surface area contributed by atoms with E-state index in [9.17, 15) is 4.79 Å². The fourth-order valence-corrected chi connectivity index (χ4v) is 3.77. The maximum atomic E-state index is 12.2. The molecule has 2 aromatic heterocycles. The average molecular weight is 355 g/mol. The van der Waals surface area contributed by atoms with E-state index in [2.05, 4.69) is 33.8 Å². The number of aryl methyl sites for hydroxylation is 1. The van der Waals surface area contributed by atoms with Crippen LogP contribution in [0.4, 0.5) is 0 Å². The minimum Gasteiger partial charge on any atom is -0.481 e. The highest BCUT2D eigenvalue weighted by Gasteiger charge is 2.23. The van der Waals surface area contributed by atoms with Crippen LogP contribution in [0.15, 0.2) is 60.8 Å². The minimum absolute atomic E-state index is 0.193. The van der Waals surface area contributed by atoms with Crippen LogP contribution in [0.2, 0.25) is 0 Å². The number of benzene rings is 2. The summed E-state index contributed by atoms with van der Waals surface area (Å²) in [6, 6.07) is 17.9. The van der Waals surface area contributed by atoms with E-state index in [4.69, 9.17) is 9.72 Å². The van der Waals surface area contributed by atoms with E-state index in [0.717, 1.165) is 39.1 Å². The van der Waals surface area contributed by atoms with Crippen LogP contribution in [0, 0.1) is 0 Å². The first-order valence-electron chi connectivity index (χ1n) is 8.88. The van der Waals surface area contributed by atoms with E-state index in [1.807, 2.05) is 30.3 Å². The summed E-state index contributed by atoms with van der Waals surface area (Å²) in [5.74, 6) is 1.70. The normalized spacial score (nSPS) is 13.1. The molecule has 0 atom stereocenters. The summed E-state index contributed by atoms with van der Waals surface area (Å²) in [6.07, 6.45) is 2.23. The van der Waals surface area contributed by atoms with Gasteiger partial charge in [0.15, 0.2) is 5.78 Å². The Morgan fingerprint density at radius 3 is 2.56 bits per heavy atom. The van der Waals surface area contributed by atoms with E-state index < -0.39 is 0 Å². The topological polar surface area (TPSA) is 57.0 Å². The fraction of sp³-hybridized carbons (Fsp3) is 0.136. The van der Waals surface area contributed by atoms with Crippen LogP contribution in [-0.4, -0.2) is 27.4 Å². The summed E-state index contributed by atoms with van der Waals surface area (Å²) in [5, 5.41) is 0. The van der Waals surface area contributed by atoms with Crippen molar-refractivity contribution < 1.29 is 9.53 Å². The molecule has 4 aromatic rings. The fourth-order valence-electron chi connectivity index (χ4n) is 3.77. The number of Topliss-reactive ketones (excluding diaryl/α,β-unsaturated/α-hetero) is 1. The molecule has 0 saturated carbocycles. The van der Waals surface area contributed by atoms with Gasteiger partial charge in [0.1, 0.15) is 5.82 Å². The molecule has 0 unspecified atom stereocenters. The van der Waals surface area contributed by atoms with Crippen molar-refractivity contribution in [1.82, 2.24) is 14.5 Å². The molecule has 2 aromatic carbocycles. The Kier molecular flexibility index (Phi) is 3.53. The number of hydrogen-bond acceptors (Lipinski definition) is 4. The maximum absolute atomic E-state index is 12.2. The Bertz CT molecular complexity index is 1180. The smallest absolute Gasteiger partial charge is 0.221 e. The van der Waals surface area contributed by atoms with Gasteiger partial charge in [-0.3, -0.25) is 4.79 Å². The number of ether oxygens (including phenoxy) is 1. The van der Waals surface area contributed by atoms with Crippen LogP contribution in [0.3, 0.4) is 0 Å². The maximum Gasteiger partial charge on any atom is 0.221 e. The average Bonchev–Trinajstić information content (AvgIpc) is 3.11. The molecule has 1 aliphatic heterocycles. The molecule has 5 nitrogen and oxygen atoms in total. The summed E-state index contributed by atoms with van der Waals surface area (Å²) in [6.45, 7) is 0.667. The molecule has 132 valence electrons. The summed E-state index contributed by atoms with van der Waals surface area (Å²) in [4.78, 5) is 21.3. The quantitative estimate of drug-likeness (QED) is 0.548. The highest BCUT2D eigenvalue weighted by molar-refractivity contribution is 6.08. The molecule has 5 heteroatoms. The van der Waals surface area contributed by atoms with Gasteiger partial charge < -0.3 is 9.30 Å². The third-order valence-electron chi connectivity index (χ3n) is 5.05. The van der Waals surface area contributed by atoms with Crippen molar-refractivity contribution >= 4 is 16.8 Å². The van der Waals surface area contributed by atoms with Gasteiger partial charge >= 0.3 is 0 Å². The molecule has 0 bridgehead atoms. The highest BCUT2D eigenvalue weighted by atomic mass is 16.5. The van der Waals surface area contributed by atoms with Gasteiger partial charge in [0.25, 0.3) is 0 Å². The third kappa shape index (κ3) is 2.43. The van der Waals surface area contributed by atoms with Crippen LogP contribution >= 0.6 is 0 Å². The molecular weight excluding hydrogens is 338 g/mol. The molecule has 1 aliphatic rings. The van der Waals surface area contributed by atoms with Crippen LogP contribution < -0.4 is 4.74 Å². The molecular formula is C22H17N3O2. The molecule has 0 saturated heterocycles. The first-order chi connectivity index (χ1) is 13.3. The molecule has 0 N–H and O–H groups in total. The predicted molar refractivity (Wildman–Crippen MR) is 104 cm³/mol. The summed E-state index contributed by atoms with van der Waals surface area (Å²) >= 11 is 0. The molecule has 0 aliphatic carbocycles. The zero-order valence-electron chi connectivity index (χ0n) is 14.8. The molecule has 5 rings (SSSR count). The van der Waals surface area contributed by atoms with E-state index in [-0.39, 0.29) is 5.78 Å². The lowest BCUT2D eigenvalue weighted by atomic mass is 10.0. The lowest BCUT2D eigenvalue weighted by Crippen LogP contribution is -2.14. The number of nitrogens with zero attached hydrogens (tertiary/aromatic N) is 3. The van der Waals surface area contributed by atoms with Gasteiger partial charge in [-0.05, 0) is 29.8 Å². The molecule has 0 radical (unpaired) electrons. The van der Waals surface area contributed by atoms with E-state index in [0.29, 0.717) is 18.8 Å².